The van der Waals surface area contributed by atoms with Gasteiger partial charge in [0.25, 0.3) is 11.7 Å². The molecule has 1 aliphatic heterocycles. The van der Waals surface area contributed by atoms with Gasteiger partial charge in [-0.1, -0.05) is 23.7 Å². The predicted molar refractivity (Wildman–Crippen MR) is 111 cm³/mol. The van der Waals surface area contributed by atoms with Crippen molar-refractivity contribution in [3.05, 3.63) is 63.7 Å². The Morgan fingerprint density at radius 2 is 1.86 bits per heavy atom. The minimum atomic E-state index is -0.721. The fourth-order valence-corrected chi connectivity index (χ4v) is 3.50. The Morgan fingerprint density at radius 1 is 1.21 bits per heavy atom. The Morgan fingerprint density at radius 3 is 2.45 bits per heavy atom. The second-order valence-electron chi connectivity index (χ2n) is 7.26. The molecule has 1 amide bonds. The summed E-state index contributed by atoms with van der Waals surface area (Å²) >= 11 is 6.01. The average Bonchev–Trinajstić information content (AvgIpc) is 2.91. The average molecular weight is 415 g/mol. The van der Waals surface area contributed by atoms with E-state index in [-0.39, 0.29) is 11.3 Å². The molecule has 3 rings (SSSR count). The maximum Gasteiger partial charge on any atom is 0.295 e. The van der Waals surface area contributed by atoms with Crippen LogP contribution in [0.4, 0.5) is 0 Å². The second-order valence-corrected chi connectivity index (χ2v) is 7.70. The van der Waals surface area contributed by atoms with Crippen molar-refractivity contribution in [3.8, 4) is 0 Å². The first-order chi connectivity index (χ1) is 13.7. The molecule has 1 N–H and O–H groups in total. The lowest BCUT2D eigenvalue weighted by atomic mass is 9.95. The summed E-state index contributed by atoms with van der Waals surface area (Å²) < 4.78 is 0. The van der Waals surface area contributed by atoms with Gasteiger partial charge < -0.3 is 14.9 Å². The minimum absolute atomic E-state index is 0.0339. The number of ketones is 1. The molecular formula is C21H23ClN4O3. The second kappa shape index (κ2) is 8.31. The number of aryl methyl sites for hydroxylation is 2. The molecule has 1 fully saturated rings. The number of aliphatic hydroxyl groups excluding tert-OH is 1. The Hall–Kier alpha value is -2.77. The quantitative estimate of drug-likeness (QED) is 0.460. The third kappa shape index (κ3) is 4.16. The summed E-state index contributed by atoms with van der Waals surface area (Å²) in [4.78, 5) is 37.5. The number of rotatable bonds is 5. The van der Waals surface area contributed by atoms with Gasteiger partial charge in [-0.15, -0.1) is 0 Å². The van der Waals surface area contributed by atoms with Crippen LogP contribution < -0.4 is 0 Å². The third-order valence-corrected chi connectivity index (χ3v) is 5.12. The number of Topliss-reactive ketones (excluding diaryl/α,β-unsaturated/α-hetero) is 1. The first-order valence-corrected chi connectivity index (χ1v) is 9.57. The van der Waals surface area contributed by atoms with Gasteiger partial charge in [0.2, 0.25) is 0 Å². The number of hydrogen-bond acceptors (Lipinski definition) is 6. The van der Waals surface area contributed by atoms with Crippen molar-refractivity contribution >= 4 is 29.1 Å². The van der Waals surface area contributed by atoms with Gasteiger partial charge in [-0.05, 0) is 45.6 Å². The summed E-state index contributed by atoms with van der Waals surface area (Å²) in [6.07, 6.45) is 1.47. The Labute approximate surface area is 174 Å². The number of likely N-dealkylation sites (N-methyl/N-ethyl adjacent to an activating group) is 1. The SMILES string of the molecule is Cc1ncc(C(O)=C2C(=O)C(=O)N(CCN(C)C)[C@H]2c2ccc(Cl)cc2)c(C)n1. The fourth-order valence-electron chi connectivity index (χ4n) is 3.37. The molecule has 0 radical (unpaired) electrons. The zero-order valence-corrected chi connectivity index (χ0v) is 17.6. The molecule has 1 aliphatic rings. The van der Waals surface area contributed by atoms with Crippen molar-refractivity contribution < 1.29 is 14.7 Å². The zero-order valence-electron chi connectivity index (χ0n) is 16.8. The highest BCUT2D eigenvalue weighted by Crippen LogP contribution is 2.39. The molecule has 0 saturated carbocycles. The molecule has 0 bridgehead atoms. The normalized spacial score (nSPS) is 18.7. The van der Waals surface area contributed by atoms with Crippen LogP contribution in [0.1, 0.15) is 28.7 Å². The highest BCUT2D eigenvalue weighted by atomic mass is 35.5. The van der Waals surface area contributed by atoms with Crippen LogP contribution in [0.2, 0.25) is 5.02 Å². The van der Waals surface area contributed by atoms with Gasteiger partial charge in [0.05, 0.1) is 22.9 Å². The standard InChI is InChI=1S/C21H23ClN4O3/c1-12-16(11-23-13(2)24-12)19(27)17-18(14-5-7-15(22)8-6-14)26(10-9-25(3)4)21(29)20(17)28/h5-8,11,18,27H,9-10H2,1-4H3/t18-/m0/s1. The molecule has 1 atom stereocenters. The lowest BCUT2D eigenvalue weighted by Gasteiger charge is -2.26. The third-order valence-electron chi connectivity index (χ3n) is 4.87. The topological polar surface area (TPSA) is 86.6 Å². The number of benzene rings is 1. The van der Waals surface area contributed by atoms with Crippen molar-refractivity contribution in [2.24, 2.45) is 0 Å². The number of amides is 1. The van der Waals surface area contributed by atoms with E-state index in [9.17, 15) is 14.7 Å². The highest BCUT2D eigenvalue weighted by molar-refractivity contribution is 6.46. The van der Waals surface area contributed by atoms with Gasteiger partial charge >= 0.3 is 0 Å². The number of likely N-dealkylation sites (tertiary alicyclic amines) is 1. The Kier molecular flexibility index (Phi) is 6.00. The van der Waals surface area contributed by atoms with Crippen LogP contribution in [0.5, 0.6) is 0 Å². The van der Waals surface area contributed by atoms with Gasteiger partial charge in [-0.25, -0.2) is 9.97 Å². The van der Waals surface area contributed by atoms with Crippen molar-refractivity contribution in [2.45, 2.75) is 19.9 Å². The van der Waals surface area contributed by atoms with E-state index >= 15 is 0 Å². The monoisotopic (exact) mass is 414 g/mol. The number of aliphatic hydroxyl groups is 1. The zero-order chi connectivity index (χ0) is 21.3. The number of hydrogen-bond donors (Lipinski definition) is 1. The van der Waals surface area contributed by atoms with Crippen LogP contribution in [-0.2, 0) is 9.59 Å². The molecule has 8 heteroatoms. The van der Waals surface area contributed by atoms with Crippen LogP contribution in [-0.4, -0.2) is 63.7 Å². The van der Waals surface area contributed by atoms with Gasteiger partial charge in [-0.3, -0.25) is 9.59 Å². The van der Waals surface area contributed by atoms with E-state index in [0.717, 1.165) is 0 Å². The van der Waals surface area contributed by atoms with Gasteiger partial charge in [-0.2, -0.15) is 0 Å². The molecule has 2 aromatic rings. The van der Waals surface area contributed by atoms with Gasteiger partial charge in [0.15, 0.2) is 0 Å². The fraction of sp³-hybridized carbons (Fsp3) is 0.333. The number of aromatic nitrogens is 2. The van der Waals surface area contributed by atoms with E-state index in [2.05, 4.69) is 9.97 Å². The molecule has 0 unspecified atom stereocenters. The van der Waals surface area contributed by atoms with E-state index in [0.29, 0.717) is 40.8 Å². The smallest absolute Gasteiger partial charge is 0.295 e. The number of nitrogens with zero attached hydrogens (tertiary/aromatic N) is 4. The molecular weight excluding hydrogens is 392 g/mol. The molecule has 1 saturated heterocycles. The Balaban J connectivity index is 2.17. The highest BCUT2D eigenvalue weighted by Gasteiger charge is 2.46. The van der Waals surface area contributed by atoms with E-state index < -0.39 is 17.7 Å². The lowest BCUT2D eigenvalue weighted by Crippen LogP contribution is -2.35. The molecule has 7 nitrogen and oxygen atoms in total. The molecule has 152 valence electrons. The summed E-state index contributed by atoms with van der Waals surface area (Å²) in [6.45, 7) is 4.38. The summed E-state index contributed by atoms with van der Waals surface area (Å²) in [5.41, 5.74) is 1.59. The van der Waals surface area contributed by atoms with Gasteiger partial charge in [0.1, 0.15) is 11.6 Å². The van der Waals surface area contributed by atoms with Crippen LogP contribution >= 0.6 is 11.6 Å². The minimum Gasteiger partial charge on any atom is -0.507 e. The van der Waals surface area contributed by atoms with Crippen molar-refractivity contribution in [1.29, 1.82) is 0 Å². The van der Waals surface area contributed by atoms with Crippen molar-refractivity contribution in [2.75, 3.05) is 27.2 Å². The number of halogens is 1. The van der Waals surface area contributed by atoms with Crippen molar-refractivity contribution in [3.63, 3.8) is 0 Å². The maximum atomic E-state index is 12.9. The molecule has 0 spiro atoms. The van der Waals surface area contributed by atoms with Crippen molar-refractivity contribution in [1.82, 2.24) is 19.8 Å². The van der Waals surface area contributed by atoms with E-state index in [1.807, 2.05) is 19.0 Å². The molecule has 1 aromatic heterocycles. The molecule has 2 heterocycles. The number of carbonyl (C=O) groups excluding carboxylic acids is 2. The van der Waals surface area contributed by atoms with Crippen LogP contribution in [0.3, 0.4) is 0 Å². The first kappa shape index (κ1) is 21.0. The van der Waals surface area contributed by atoms with Crippen LogP contribution in [0, 0.1) is 13.8 Å². The van der Waals surface area contributed by atoms with E-state index in [1.54, 1.807) is 38.1 Å². The maximum absolute atomic E-state index is 12.9. The van der Waals surface area contributed by atoms with E-state index in [4.69, 9.17) is 11.6 Å². The molecule has 29 heavy (non-hydrogen) atoms. The largest absolute Gasteiger partial charge is 0.507 e. The summed E-state index contributed by atoms with van der Waals surface area (Å²) in [5.74, 6) is -1.08. The predicted octanol–water partition coefficient (Wildman–Crippen LogP) is 2.73. The Bertz CT molecular complexity index is 986. The summed E-state index contributed by atoms with van der Waals surface area (Å²) in [6, 6.07) is 6.19. The molecule has 1 aromatic carbocycles. The number of carbonyl (C=O) groups is 2. The first-order valence-electron chi connectivity index (χ1n) is 9.20. The summed E-state index contributed by atoms with van der Waals surface area (Å²) in [7, 11) is 3.78. The summed E-state index contributed by atoms with van der Waals surface area (Å²) in [5, 5.41) is 11.6. The van der Waals surface area contributed by atoms with Crippen LogP contribution in [0.25, 0.3) is 5.76 Å². The van der Waals surface area contributed by atoms with Crippen LogP contribution in [0.15, 0.2) is 36.0 Å². The lowest BCUT2D eigenvalue weighted by molar-refractivity contribution is -0.140. The van der Waals surface area contributed by atoms with Gasteiger partial charge in [0, 0.05) is 24.3 Å². The molecule has 0 aliphatic carbocycles. The van der Waals surface area contributed by atoms with E-state index in [1.165, 1.54) is 11.1 Å².